The largest absolute Gasteiger partial charge is 0.416 e. The average molecular weight is 309 g/mol. The zero-order valence-corrected chi connectivity index (χ0v) is 10.8. The summed E-state index contributed by atoms with van der Waals surface area (Å²) in [7, 11) is 0. The molecule has 1 aromatic heterocycles. The molecule has 0 aliphatic carbocycles. The van der Waals surface area contributed by atoms with Gasteiger partial charge in [-0.15, -0.1) is 0 Å². The lowest BCUT2D eigenvalue weighted by Crippen LogP contribution is -2.07. The van der Waals surface area contributed by atoms with Gasteiger partial charge in [-0.25, -0.2) is 14.2 Å². The third-order valence-corrected chi connectivity index (χ3v) is 3.04. The fourth-order valence-electron chi connectivity index (χ4n) is 2.03. The Labute approximate surface area is 120 Å². The molecular formula is C15H7F4NO2. The van der Waals surface area contributed by atoms with E-state index in [1.807, 2.05) is 0 Å². The number of fused-ring (bicyclic) bond motifs is 1. The minimum absolute atomic E-state index is 0.0157. The van der Waals surface area contributed by atoms with Crippen LogP contribution in [0.3, 0.4) is 0 Å². The summed E-state index contributed by atoms with van der Waals surface area (Å²) in [6.07, 6.45) is -4.53. The molecule has 0 atom stereocenters. The van der Waals surface area contributed by atoms with E-state index in [0.29, 0.717) is 0 Å². The maximum atomic E-state index is 13.6. The highest BCUT2D eigenvalue weighted by Gasteiger charge is 2.30. The third-order valence-electron chi connectivity index (χ3n) is 3.04. The van der Waals surface area contributed by atoms with E-state index in [0.717, 1.165) is 18.2 Å². The molecule has 0 unspecified atom stereocenters. The van der Waals surface area contributed by atoms with Crippen LogP contribution in [0.1, 0.15) is 5.56 Å². The molecule has 2 aromatic carbocycles. The van der Waals surface area contributed by atoms with Crippen molar-refractivity contribution in [2.45, 2.75) is 6.18 Å². The zero-order chi connectivity index (χ0) is 15.9. The number of hydrogen-bond acceptors (Lipinski definition) is 3. The van der Waals surface area contributed by atoms with Crippen molar-refractivity contribution in [3.05, 3.63) is 64.3 Å². The molecule has 0 N–H and O–H groups in total. The van der Waals surface area contributed by atoms with E-state index in [9.17, 15) is 22.4 Å². The summed E-state index contributed by atoms with van der Waals surface area (Å²) in [5, 5.41) is -0.335. The van der Waals surface area contributed by atoms with Crippen LogP contribution in [0.5, 0.6) is 0 Å². The number of alkyl halides is 3. The van der Waals surface area contributed by atoms with E-state index in [1.54, 1.807) is 0 Å². The van der Waals surface area contributed by atoms with Crippen molar-refractivity contribution in [1.29, 1.82) is 0 Å². The highest BCUT2D eigenvalue weighted by Crippen LogP contribution is 2.31. The first kappa shape index (κ1) is 14.2. The summed E-state index contributed by atoms with van der Waals surface area (Å²) in [4.78, 5) is 15.7. The molecule has 22 heavy (non-hydrogen) atoms. The van der Waals surface area contributed by atoms with Gasteiger partial charge in [0.15, 0.2) is 0 Å². The first-order chi connectivity index (χ1) is 10.4. The summed E-state index contributed by atoms with van der Waals surface area (Å²) in [6.45, 7) is 0. The lowest BCUT2D eigenvalue weighted by atomic mass is 10.1. The number of rotatable bonds is 1. The standard InChI is InChI=1S/C15H7F4NO2/c16-10-5-2-6-11-12(10)14(21)22-13(20-11)8-3-1-4-9(7-8)15(17,18)19/h1-7H. The molecule has 7 heteroatoms. The zero-order valence-electron chi connectivity index (χ0n) is 10.8. The van der Waals surface area contributed by atoms with Crippen molar-refractivity contribution in [2.75, 3.05) is 0 Å². The fraction of sp³-hybridized carbons (Fsp3) is 0.0667. The highest BCUT2D eigenvalue weighted by molar-refractivity contribution is 5.79. The van der Waals surface area contributed by atoms with E-state index in [-0.39, 0.29) is 22.4 Å². The van der Waals surface area contributed by atoms with Crippen LogP contribution in [-0.4, -0.2) is 4.98 Å². The monoisotopic (exact) mass is 309 g/mol. The molecule has 3 rings (SSSR count). The van der Waals surface area contributed by atoms with Gasteiger partial charge in [-0.2, -0.15) is 13.2 Å². The van der Waals surface area contributed by atoms with Gasteiger partial charge in [-0.1, -0.05) is 12.1 Å². The van der Waals surface area contributed by atoms with Gasteiger partial charge < -0.3 is 4.42 Å². The lowest BCUT2D eigenvalue weighted by molar-refractivity contribution is -0.137. The molecule has 0 radical (unpaired) electrons. The summed E-state index contributed by atoms with van der Waals surface area (Å²) in [5.74, 6) is -1.09. The van der Waals surface area contributed by atoms with Gasteiger partial charge >= 0.3 is 11.8 Å². The Bertz CT molecular complexity index is 915. The van der Waals surface area contributed by atoms with Crippen molar-refractivity contribution in [3.8, 4) is 11.5 Å². The summed E-state index contributed by atoms with van der Waals surface area (Å²) >= 11 is 0. The first-order valence-electron chi connectivity index (χ1n) is 6.13. The highest BCUT2D eigenvalue weighted by atomic mass is 19.4. The van der Waals surface area contributed by atoms with Crippen molar-refractivity contribution in [3.63, 3.8) is 0 Å². The summed E-state index contributed by atoms with van der Waals surface area (Å²) in [6, 6.07) is 8.01. The lowest BCUT2D eigenvalue weighted by Gasteiger charge is -2.08. The maximum absolute atomic E-state index is 13.6. The number of aromatic nitrogens is 1. The predicted octanol–water partition coefficient (Wildman–Crippen LogP) is 4.01. The van der Waals surface area contributed by atoms with Crippen LogP contribution in [0.25, 0.3) is 22.4 Å². The maximum Gasteiger partial charge on any atom is 0.416 e. The molecule has 0 fully saturated rings. The van der Waals surface area contributed by atoms with Crippen molar-refractivity contribution in [1.82, 2.24) is 4.98 Å². The fourth-order valence-corrected chi connectivity index (χ4v) is 2.03. The predicted molar refractivity (Wildman–Crippen MR) is 70.7 cm³/mol. The Morgan fingerprint density at radius 3 is 2.50 bits per heavy atom. The van der Waals surface area contributed by atoms with Crippen molar-refractivity contribution in [2.24, 2.45) is 0 Å². The van der Waals surface area contributed by atoms with Gasteiger partial charge in [-0.05, 0) is 30.3 Å². The van der Waals surface area contributed by atoms with E-state index in [2.05, 4.69) is 4.98 Å². The molecule has 112 valence electrons. The van der Waals surface area contributed by atoms with Crippen LogP contribution in [0.2, 0.25) is 0 Å². The molecule has 1 heterocycles. The Morgan fingerprint density at radius 1 is 1.05 bits per heavy atom. The van der Waals surface area contributed by atoms with Crippen molar-refractivity contribution >= 4 is 10.9 Å². The van der Waals surface area contributed by atoms with Crippen LogP contribution in [0, 0.1) is 5.82 Å². The molecule has 0 spiro atoms. The second kappa shape index (κ2) is 4.94. The summed E-state index contributed by atoms with van der Waals surface area (Å²) in [5.41, 5.74) is -1.88. The van der Waals surface area contributed by atoms with Gasteiger partial charge in [-0.3, -0.25) is 0 Å². The Morgan fingerprint density at radius 2 is 1.77 bits per heavy atom. The van der Waals surface area contributed by atoms with Gasteiger partial charge in [0.25, 0.3) is 0 Å². The van der Waals surface area contributed by atoms with Gasteiger partial charge in [0, 0.05) is 5.56 Å². The minimum atomic E-state index is -4.53. The quantitative estimate of drug-likeness (QED) is 0.638. The van der Waals surface area contributed by atoms with Crippen LogP contribution in [0.15, 0.2) is 51.7 Å². The van der Waals surface area contributed by atoms with Crippen molar-refractivity contribution < 1.29 is 22.0 Å². The Balaban J connectivity index is 2.22. The Hall–Kier alpha value is -2.70. The topological polar surface area (TPSA) is 43.1 Å². The van der Waals surface area contributed by atoms with Crippen LogP contribution in [0.4, 0.5) is 17.6 Å². The second-order valence-electron chi connectivity index (χ2n) is 4.52. The average Bonchev–Trinajstić information content (AvgIpc) is 2.46. The minimum Gasteiger partial charge on any atom is -0.403 e. The summed E-state index contributed by atoms with van der Waals surface area (Å²) < 4.78 is 56.5. The van der Waals surface area contributed by atoms with Gasteiger partial charge in [0.1, 0.15) is 11.2 Å². The van der Waals surface area contributed by atoms with E-state index < -0.39 is 23.2 Å². The second-order valence-corrected chi connectivity index (χ2v) is 4.52. The molecule has 0 amide bonds. The molecule has 0 saturated carbocycles. The first-order valence-corrected chi connectivity index (χ1v) is 6.13. The third kappa shape index (κ3) is 2.45. The van der Waals surface area contributed by atoms with Gasteiger partial charge in [0.05, 0.1) is 11.1 Å². The molecule has 0 saturated heterocycles. The molecule has 3 aromatic rings. The van der Waals surface area contributed by atoms with Crippen LogP contribution >= 0.6 is 0 Å². The SMILES string of the molecule is O=c1oc(-c2cccc(C(F)(F)F)c2)nc2cccc(F)c12. The number of halogens is 4. The normalized spacial score (nSPS) is 11.8. The molecule has 0 aliphatic rings. The smallest absolute Gasteiger partial charge is 0.403 e. The molecule has 0 bridgehead atoms. The van der Waals surface area contributed by atoms with Crippen LogP contribution in [-0.2, 0) is 6.18 Å². The van der Waals surface area contributed by atoms with Crippen LogP contribution < -0.4 is 5.63 Å². The van der Waals surface area contributed by atoms with E-state index in [4.69, 9.17) is 4.42 Å². The number of benzene rings is 2. The van der Waals surface area contributed by atoms with E-state index >= 15 is 0 Å². The molecule has 3 nitrogen and oxygen atoms in total. The molecule has 0 aliphatic heterocycles. The number of hydrogen-bond donors (Lipinski definition) is 0. The molecular weight excluding hydrogens is 302 g/mol. The number of nitrogens with zero attached hydrogens (tertiary/aromatic N) is 1. The van der Waals surface area contributed by atoms with Gasteiger partial charge in [0.2, 0.25) is 5.89 Å². The van der Waals surface area contributed by atoms with E-state index in [1.165, 1.54) is 24.3 Å². The Kier molecular flexibility index (Phi) is 3.20.